The highest BCUT2D eigenvalue weighted by Crippen LogP contribution is 2.23. The number of carbonyl (C=O) groups is 1. The van der Waals surface area contributed by atoms with Crippen molar-refractivity contribution in [3.8, 4) is 0 Å². The van der Waals surface area contributed by atoms with Gasteiger partial charge in [0.25, 0.3) is 0 Å². The zero-order valence-electron chi connectivity index (χ0n) is 9.40. The Balaban J connectivity index is 2.26. The number of sulfonamides is 1. The second-order valence-electron chi connectivity index (χ2n) is 3.53. The van der Waals surface area contributed by atoms with Crippen molar-refractivity contribution >= 4 is 38.1 Å². The molecule has 0 saturated heterocycles. The number of nitrogens with one attached hydrogen (secondary N) is 1. The van der Waals surface area contributed by atoms with E-state index in [-0.39, 0.29) is 9.77 Å². The van der Waals surface area contributed by atoms with Crippen LogP contribution in [-0.4, -0.2) is 24.5 Å². The highest BCUT2D eigenvalue weighted by atomic mass is 32.2. The highest BCUT2D eigenvalue weighted by Gasteiger charge is 2.11. The van der Waals surface area contributed by atoms with Crippen molar-refractivity contribution < 1.29 is 18.3 Å². The van der Waals surface area contributed by atoms with Gasteiger partial charge >= 0.3 is 5.97 Å². The number of aromatic nitrogens is 1. The lowest BCUT2D eigenvalue weighted by Crippen LogP contribution is -2.12. The smallest absolute Gasteiger partial charge is 0.347 e. The average Bonchev–Trinajstić information content (AvgIpc) is 2.77. The minimum absolute atomic E-state index is 0.0347. The molecule has 19 heavy (non-hydrogen) atoms. The van der Waals surface area contributed by atoms with Crippen LogP contribution in [-0.2, 0) is 10.0 Å². The van der Waals surface area contributed by atoms with E-state index in [1.807, 2.05) is 0 Å². The predicted molar refractivity (Wildman–Crippen MR) is 70.2 cm³/mol. The molecule has 0 atom stereocenters. The van der Waals surface area contributed by atoms with Crippen LogP contribution < -0.4 is 10.5 Å². The first-order chi connectivity index (χ1) is 8.86. The molecule has 0 aliphatic heterocycles. The van der Waals surface area contributed by atoms with Gasteiger partial charge in [0, 0.05) is 5.69 Å². The van der Waals surface area contributed by atoms with E-state index in [9.17, 15) is 13.2 Å². The van der Waals surface area contributed by atoms with Crippen molar-refractivity contribution in [1.82, 2.24) is 4.98 Å². The Morgan fingerprint density at radius 2 is 2.16 bits per heavy atom. The van der Waals surface area contributed by atoms with Crippen LogP contribution in [0.1, 0.15) is 9.67 Å². The second kappa shape index (κ2) is 4.96. The molecule has 1 aromatic carbocycles. The fraction of sp³-hybridized carbons (Fsp3) is 0. The summed E-state index contributed by atoms with van der Waals surface area (Å²) in [7, 11) is -3.78. The van der Waals surface area contributed by atoms with Crippen LogP contribution in [0.3, 0.4) is 0 Å². The fourth-order valence-corrected chi connectivity index (χ4v) is 2.54. The number of nitrogens with zero attached hydrogens (tertiary/aromatic N) is 1. The van der Waals surface area contributed by atoms with Gasteiger partial charge in [-0.2, -0.15) is 0 Å². The molecule has 100 valence electrons. The second-order valence-corrected chi connectivity index (χ2v) is 6.12. The number of benzene rings is 1. The summed E-state index contributed by atoms with van der Waals surface area (Å²) in [5, 5.41) is 16.9. The van der Waals surface area contributed by atoms with Gasteiger partial charge in [-0.05, 0) is 18.2 Å². The van der Waals surface area contributed by atoms with E-state index >= 15 is 0 Å². The fourth-order valence-electron chi connectivity index (χ4n) is 1.31. The molecule has 1 aromatic heterocycles. The maximum absolute atomic E-state index is 11.2. The summed E-state index contributed by atoms with van der Waals surface area (Å²) < 4.78 is 22.4. The molecule has 0 fully saturated rings. The third-order valence-corrected chi connectivity index (χ3v) is 3.94. The number of aromatic carboxylic acids is 1. The van der Waals surface area contributed by atoms with Gasteiger partial charge in [-0.1, -0.05) is 17.4 Å². The lowest BCUT2D eigenvalue weighted by molar-refractivity contribution is 0.0702. The van der Waals surface area contributed by atoms with Crippen LogP contribution in [0.15, 0.2) is 35.4 Å². The number of primary sulfonamides is 1. The van der Waals surface area contributed by atoms with E-state index in [1.54, 1.807) is 6.07 Å². The van der Waals surface area contributed by atoms with E-state index in [2.05, 4.69) is 10.3 Å². The molecule has 0 spiro atoms. The van der Waals surface area contributed by atoms with Gasteiger partial charge in [0.15, 0.2) is 5.13 Å². The monoisotopic (exact) mass is 299 g/mol. The van der Waals surface area contributed by atoms with E-state index in [4.69, 9.17) is 10.2 Å². The minimum atomic E-state index is -3.78. The van der Waals surface area contributed by atoms with Crippen LogP contribution in [0.5, 0.6) is 0 Å². The number of thiazole rings is 1. The normalized spacial score (nSPS) is 11.2. The Hall–Kier alpha value is -1.97. The summed E-state index contributed by atoms with van der Waals surface area (Å²) in [6.07, 6.45) is 1.22. The van der Waals surface area contributed by atoms with Gasteiger partial charge in [-0.3, -0.25) is 0 Å². The Morgan fingerprint density at radius 3 is 2.74 bits per heavy atom. The van der Waals surface area contributed by atoms with Crippen LogP contribution in [0.2, 0.25) is 0 Å². The van der Waals surface area contributed by atoms with Crippen molar-refractivity contribution in [1.29, 1.82) is 0 Å². The van der Waals surface area contributed by atoms with Gasteiger partial charge in [-0.15, -0.1) is 0 Å². The number of carboxylic acids is 1. The van der Waals surface area contributed by atoms with Crippen molar-refractivity contribution in [2.24, 2.45) is 5.14 Å². The standard InChI is InChI=1S/C10H9N3O4S2/c11-19(16,17)7-3-1-2-6(4-7)13-10-12-5-8(18-10)9(14)15/h1-5H,(H,12,13)(H,14,15)(H2,11,16,17). The van der Waals surface area contributed by atoms with E-state index < -0.39 is 16.0 Å². The number of anilines is 2. The lowest BCUT2D eigenvalue weighted by atomic mass is 10.3. The first kappa shape index (κ1) is 13.5. The quantitative estimate of drug-likeness (QED) is 0.780. The van der Waals surface area contributed by atoms with Gasteiger partial charge in [0.05, 0.1) is 11.1 Å². The number of hydrogen-bond acceptors (Lipinski definition) is 6. The van der Waals surface area contributed by atoms with Crippen molar-refractivity contribution in [3.05, 3.63) is 35.3 Å². The Morgan fingerprint density at radius 1 is 1.42 bits per heavy atom. The van der Waals surface area contributed by atoms with Crippen LogP contribution >= 0.6 is 11.3 Å². The van der Waals surface area contributed by atoms with Gasteiger partial charge < -0.3 is 10.4 Å². The van der Waals surface area contributed by atoms with Crippen LogP contribution in [0.4, 0.5) is 10.8 Å². The summed E-state index contributed by atoms with van der Waals surface area (Å²) in [5.74, 6) is -1.07. The summed E-state index contributed by atoms with van der Waals surface area (Å²) in [6, 6.07) is 5.85. The number of hydrogen-bond donors (Lipinski definition) is 3. The number of nitrogens with two attached hydrogens (primary N) is 1. The molecular formula is C10H9N3O4S2. The minimum Gasteiger partial charge on any atom is -0.477 e. The zero-order valence-corrected chi connectivity index (χ0v) is 11.0. The molecule has 0 amide bonds. The topological polar surface area (TPSA) is 122 Å². The average molecular weight is 299 g/mol. The SMILES string of the molecule is NS(=O)(=O)c1cccc(Nc2ncc(C(=O)O)s2)c1. The Bertz CT molecular complexity index is 724. The summed E-state index contributed by atoms with van der Waals surface area (Å²) in [6.45, 7) is 0. The van der Waals surface area contributed by atoms with Gasteiger partial charge in [0.1, 0.15) is 4.88 Å². The molecule has 0 aliphatic carbocycles. The summed E-state index contributed by atoms with van der Waals surface area (Å²) >= 11 is 0.947. The molecule has 2 rings (SSSR count). The van der Waals surface area contributed by atoms with E-state index in [1.165, 1.54) is 24.4 Å². The van der Waals surface area contributed by atoms with Crippen molar-refractivity contribution in [2.75, 3.05) is 5.32 Å². The molecule has 0 radical (unpaired) electrons. The molecule has 1 heterocycles. The molecule has 9 heteroatoms. The third-order valence-electron chi connectivity index (χ3n) is 2.13. The van der Waals surface area contributed by atoms with E-state index in [0.717, 1.165) is 11.3 Å². The van der Waals surface area contributed by atoms with Gasteiger partial charge in [-0.25, -0.2) is 23.3 Å². The van der Waals surface area contributed by atoms with Crippen LogP contribution in [0, 0.1) is 0 Å². The molecule has 0 saturated carbocycles. The maximum Gasteiger partial charge on any atom is 0.347 e. The number of rotatable bonds is 4. The molecule has 4 N–H and O–H groups in total. The molecule has 0 unspecified atom stereocenters. The van der Waals surface area contributed by atoms with Crippen LogP contribution in [0.25, 0.3) is 0 Å². The van der Waals surface area contributed by atoms with E-state index in [0.29, 0.717) is 10.8 Å². The molecule has 7 nitrogen and oxygen atoms in total. The van der Waals surface area contributed by atoms with Crippen molar-refractivity contribution in [2.45, 2.75) is 4.90 Å². The highest BCUT2D eigenvalue weighted by molar-refractivity contribution is 7.89. The molecule has 0 bridgehead atoms. The Kier molecular flexibility index (Phi) is 3.51. The lowest BCUT2D eigenvalue weighted by Gasteiger charge is -2.04. The Labute approximate surface area is 112 Å². The molecular weight excluding hydrogens is 290 g/mol. The number of carboxylic acid groups (broad SMARTS) is 1. The third kappa shape index (κ3) is 3.28. The maximum atomic E-state index is 11.2. The summed E-state index contributed by atoms with van der Waals surface area (Å²) in [4.78, 5) is 14.6. The van der Waals surface area contributed by atoms with Gasteiger partial charge in [0.2, 0.25) is 10.0 Å². The van der Waals surface area contributed by atoms with Crippen molar-refractivity contribution in [3.63, 3.8) is 0 Å². The first-order valence-corrected chi connectivity index (χ1v) is 7.31. The first-order valence-electron chi connectivity index (χ1n) is 4.95. The largest absolute Gasteiger partial charge is 0.477 e. The summed E-state index contributed by atoms with van der Waals surface area (Å²) in [5.41, 5.74) is 0.456. The predicted octanol–water partition coefficient (Wildman–Crippen LogP) is 1.23. The zero-order chi connectivity index (χ0) is 14.0. The molecule has 2 aromatic rings. The molecule has 0 aliphatic rings.